The summed E-state index contributed by atoms with van der Waals surface area (Å²) in [6.07, 6.45) is 0.870. The fourth-order valence-corrected chi connectivity index (χ4v) is 3.60. The first-order valence-corrected chi connectivity index (χ1v) is 8.08. The van der Waals surface area contributed by atoms with Crippen molar-refractivity contribution in [2.24, 2.45) is 16.5 Å². The first kappa shape index (κ1) is 14.5. The van der Waals surface area contributed by atoms with Gasteiger partial charge in [0.25, 0.3) is 0 Å². The van der Waals surface area contributed by atoms with Crippen LogP contribution in [0.4, 0.5) is 5.69 Å². The van der Waals surface area contributed by atoms with Crippen molar-refractivity contribution in [2.75, 3.05) is 5.32 Å². The molecule has 0 heterocycles. The van der Waals surface area contributed by atoms with Crippen molar-refractivity contribution in [1.82, 2.24) is 0 Å². The molecule has 1 atom stereocenters. The van der Waals surface area contributed by atoms with E-state index in [9.17, 15) is 13.2 Å². The summed E-state index contributed by atoms with van der Waals surface area (Å²) in [5.74, 6) is -0.0237. The van der Waals surface area contributed by atoms with Gasteiger partial charge in [0, 0.05) is 16.1 Å². The monoisotopic (exact) mass is 346 g/mol. The minimum atomic E-state index is -3.76. The predicted molar refractivity (Wildman–Crippen MR) is 76.0 cm³/mol. The van der Waals surface area contributed by atoms with Crippen molar-refractivity contribution in [1.29, 1.82) is 0 Å². The van der Waals surface area contributed by atoms with Crippen LogP contribution in [0.1, 0.15) is 20.3 Å². The van der Waals surface area contributed by atoms with Crippen molar-refractivity contribution in [3.8, 4) is 0 Å². The minimum Gasteiger partial charge on any atom is -0.326 e. The largest absolute Gasteiger partial charge is 0.326 e. The summed E-state index contributed by atoms with van der Waals surface area (Å²) < 4.78 is 22.8. The molecule has 19 heavy (non-hydrogen) atoms. The molecular formula is C12H15BrN2O3S. The van der Waals surface area contributed by atoms with Crippen molar-refractivity contribution < 1.29 is 13.2 Å². The fraction of sp³-hybridized carbons (Fsp3) is 0.417. The number of sulfonamides is 1. The van der Waals surface area contributed by atoms with Crippen molar-refractivity contribution in [2.45, 2.75) is 25.2 Å². The zero-order valence-electron chi connectivity index (χ0n) is 10.6. The maximum absolute atomic E-state index is 11.9. The first-order chi connectivity index (χ1) is 8.61. The molecule has 104 valence electrons. The Morgan fingerprint density at radius 1 is 1.47 bits per heavy atom. The van der Waals surface area contributed by atoms with Crippen LogP contribution in [-0.4, -0.2) is 14.3 Å². The van der Waals surface area contributed by atoms with Gasteiger partial charge in [-0.25, -0.2) is 13.6 Å². The van der Waals surface area contributed by atoms with Gasteiger partial charge in [-0.2, -0.15) is 0 Å². The lowest BCUT2D eigenvalue weighted by atomic mass is 10.1. The molecule has 1 aromatic carbocycles. The Morgan fingerprint density at radius 3 is 2.47 bits per heavy atom. The molecule has 3 N–H and O–H groups in total. The van der Waals surface area contributed by atoms with E-state index in [1.807, 2.05) is 13.8 Å². The lowest BCUT2D eigenvalue weighted by molar-refractivity contribution is -0.118. The molecule has 2 rings (SSSR count). The molecule has 1 unspecified atom stereocenters. The molecule has 1 saturated carbocycles. The van der Waals surface area contributed by atoms with E-state index in [4.69, 9.17) is 5.14 Å². The van der Waals surface area contributed by atoms with E-state index in [1.54, 1.807) is 0 Å². The van der Waals surface area contributed by atoms with Crippen molar-refractivity contribution in [3.05, 3.63) is 22.7 Å². The molecule has 1 amide bonds. The Bertz CT molecular complexity index is 640. The van der Waals surface area contributed by atoms with E-state index in [0.29, 0.717) is 10.2 Å². The zero-order valence-corrected chi connectivity index (χ0v) is 13.0. The summed E-state index contributed by atoms with van der Waals surface area (Å²) >= 11 is 3.14. The van der Waals surface area contributed by atoms with Gasteiger partial charge >= 0.3 is 0 Å². The highest BCUT2D eigenvalue weighted by atomic mass is 79.9. The van der Waals surface area contributed by atoms with Crippen molar-refractivity contribution in [3.63, 3.8) is 0 Å². The van der Waals surface area contributed by atoms with Gasteiger partial charge in [-0.05, 0) is 46.0 Å². The Hall–Kier alpha value is -0.920. The van der Waals surface area contributed by atoms with Crippen LogP contribution >= 0.6 is 15.9 Å². The van der Waals surface area contributed by atoms with E-state index in [-0.39, 0.29) is 22.1 Å². The molecule has 5 nitrogen and oxygen atoms in total. The van der Waals surface area contributed by atoms with Crippen LogP contribution in [-0.2, 0) is 14.8 Å². The van der Waals surface area contributed by atoms with Crippen LogP contribution in [0.5, 0.6) is 0 Å². The third-order valence-corrected chi connectivity index (χ3v) is 5.22. The minimum absolute atomic E-state index is 0.00255. The van der Waals surface area contributed by atoms with E-state index >= 15 is 0 Å². The number of carbonyl (C=O) groups excluding carboxylic acids is 1. The van der Waals surface area contributed by atoms with E-state index in [1.165, 1.54) is 18.2 Å². The number of carbonyl (C=O) groups is 1. The molecule has 1 aliphatic carbocycles. The number of rotatable bonds is 3. The molecule has 0 aliphatic heterocycles. The number of amides is 1. The number of primary sulfonamides is 1. The summed E-state index contributed by atoms with van der Waals surface area (Å²) in [6, 6.07) is 4.43. The average Bonchev–Trinajstić information content (AvgIpc) is 2.86. The second-order valence-corrected chi connectivity index (χ2v) is 7.81. The summed E-state index contributed by atoms with van der Waals surface area (Å²) in [5, 5.41) is 7.83. The highest BCUT2D eigenvalue weighted by Crippen LogP contribution is 2.52. The maximum Gasteiger partial charge on any atom is 0.239 e. The quantitative estimate of drug-likeness (QED) is 0.877. The second-order valence-electron chi connectivity index (χ2n) is 5.42. The standard InChI is InChI=1S/C12H15BrN2O3S/c1-12(2)6-8(12)11(16)15-7-3-4-10(9(13)5-7)19(14,17)18/h3-5,8H,6H2,1-2H3,(H,15,16)(H2,14,17,18). The van der Waals surface area contributed by atoms with Crippen LogP contribution in [0.2, 0.25) is 0 Å². The fourth-order valence-electron chi connectivity index (χ4n) is 1.95. The van der Waals surface area contributed by atoms with Crippen LogP contribution < -0.4 is 10.5 Å². The number of nitrogens with one attached hydrogen (secondary N) is 1. The van der Waals surface area contributed by atoms with Crippen LogP contribution in [0.15, 0.2) is 27.6 Å². The molecule has 1 fully saturated rings. The Kier molecular flexibility index (Phi) is 3.49. The average molecular weight is 347 g/mol. The summed E-state index contributed by atoms with van der Waals surface area (Å²) in [6.45, 7) is 4.08. The highest BCUT2D eigenvalue weighted by molar-refractivity contribution is 9.10. The normalized spacial score (nSPS) is 20.9. The Labute approximate surface area is 120 Å². The van der Waals surface area contributed by atoms with Gasteiger partial charge in [0.15, 0.2) is 0 Å². The third kappa shape index (κ3) is 3.16. The van der Waals surface area contributed by atoms with Gasteiger partial charge in [0.1, 0.15) is 0 Å². The smallest absolute Gasteiger partial charge is 0.239 e. The van der Waals surface area contributed by atoms with Gasteiger partial charge in [-0.1, -0.05) is 13.8 Å². The summed E-state index contributed by atoms with van der Waals surface area (Å²) in [7, 11) is -3.76. The molecule has 0 spiro atoms. The Balaban J connectivity index is 2.16. The topological polar surface area (TPSA) is 89.3 Å². The molecular weight excluding hydrogens is 332 g/mol. The SMILES string of the molecule is CC1(C)CC1C(=O)Nc1ccc(S(N)(=O)=O)c(Br)c1. The molecule has 1 aliphatic rings. The number of benzene rings is 1. The molecule has 1 aromatic rings. The number of anilines is 1. The first-order valence-electron chi connectivity index (χ1n) is 5.74. The van der Waals surface area contributed by atoms with Crippen LogP contribution in [0.3, 0.4) is 0 Å². The molecule has 0 saturated heterocycles. The molecule has 0 radical (unpaired) electrons. The zero-order chi connectivity index (χ0) is 14.4. The summed E-state index contributed by atoms with van der Waals surface area (Å²) in [5.41, 5.74) is 0.606. The van der Waals surface area contributed by atoms with Gasteiger partial charge in [-0.15, -0.1) is 0 Å². The van der Waals surface area contributed by atoms with Crippen molar-refractivity contribution >= 4 is 37.5 Å². The predicted octanol–water partition coefficient (Wildman–Crippen LogP) is 2.08. The van der Waals surface area contributed by atoms with Gasteiger partial charge in [-0.3, -0.25) is 4.79 Å². The lowest BCUT2D eigenvalue weighted by Gasteiger charge is -2.08. The highest BCUT2D eigenvalue weighted by Gasteiger charge is 2.50. The second kappa shape index (κ2) is 4.57. The van der Waals surface area contributed by atoms with E-state index in [0.717, 1.165) is 6.42 Å². The van der Waals surface area contributed by atoms with Crippen LogP contribution in [0.25, 0.3) is 0 Å². The lowest BCUT2D eigenvalue weighted by Crippen LogP contribution is -2.17. The van der Waals surface area contributed by atoms with E-state index < -0.39 is 10.0 Å². The number of hydrogen-bond donors (Lipinski definition) is 2. The number of halogens is 1. The number of hydrogen-bond acceptors (Lipinski definition) is 3. The molecule has 0 bridgehead atoms. The summed E-state index contributed by atoms with van der Waals surface area (Å²) in [4.78, 5) is 11.9. The third-order valence-electron chi connectivity index (χ3n) is 3.34. The van der Waals surface area contributed by atoms with E-state index in [2.05, 4.69) is 21.2 Å². The molecule has 0 aromatic heterocycles. The molecule has 7 heteroatoms. The maximum atomic E-state index is 11.9. The van der Waals surface area contributed by atoms with Crippen LogP contribution in [0, 0.1) is 11.3 Å². The van der Waals surface area contributed by atoms with Gasteiger partial charge in [0.2, 0.25) is 15.9 Å². The van der Waals surface area contributed by atoms with Gasteiger partial charge < -0.3 is 5.32 Å². The number of nitrogens with two attached hydrogens (primary N) is 1. The Morgan fingerprint density at radius 2 is 2.05 bits per heavy atom. The van der Waals surface area contributed by atoms with Gasteiger partial charge in [0.05, 0.1) is 4.90 Å².